The van der Waals surface area contributed by atoms with E-state index in [-0.39, 0.29) is 19.1 Å². The van der Waals surface area contributed by atoms with Gasteiger partial charge in [0.2, 0.25) is 0 Å². The van der Waals surface area contributed by atoms with E-state index in [1.54, 1.807) is 6.92 Å². The first-order valence-corrected chi connectivity index (χ1v) is 4.64. The Balaban J connectivity index is 3.97. The van der Waals surface area contributed by atoms with Gasteiger partial charge in [-0.25, -0.2) is 4.79 Å². The maximum Gasteiger partial charge on any atom is 0.342 e. The van der Waals surface area contributed by atoms with Gasteiger partial charge in [-0.05, 0) is 6.42 Å². The fourth-order valence-corrected chi connectivity index (χ4v) is 0.788. The molecule has 92 valence electrons. The molecular formula is C10H13F3O3. The van der Waals surface area contributed by atoms with Gasteiger partial charge in [0.15, 0.2) is 0 Å². The number of carbonyl (C=O) groups is 1. The smallest absolute Gasteiger partial charge is 0.342 e. The van der Waals surface area contributed by atoms with Crippen LogP contribution in [0.25, 0.3) is 0 Å². The number of hydrogen-bond donors (Lipinski definition) is 0. The van der Waals surface area contributed by atoms with E-state index >= 15 is 0 Å². The van der Waals surface area contributed by atoms with E-state index in [0.29, 0.717) is 6.42 Å². The first kappa shape index (κ1) is 14.5. The van der Waals surface area contributed by atoms with Crippen molar-refractivity contribution in [2.45, 2.75) is 13.3 Å². The average molecular weight is 238 g/mol. The summed E-state index contributed by atoms with van der Waals surface area (Å²) in [6.07, 6.45) is -1.01. The monoisotopic (exact) mass is 238 g/mol. The minimum Gasteiger partial charge on any atom is -0.467 e. The molecule has 0 saturated carbocycles. The van der Waals surface area contributed by atoms with Crippen molar-refractivity contribution in [2.24, 2.45) is 5.92 Å². The molecule has 0 amide bonds. The first-order chi connectivity index (χ1) is 7.51. The third kappa shape index (κ3) is 6.10. The first-order valence-electron chi connectivity index (χ1n) is 4.64. The molecule has 3 nitrogen and oxygen atoms in total. The van der Waals surface area contributed by atoms with Crippen molar-refractivity contribution in [3.8, 4) is 0 Å². The third-order valence-electron chi connectivity index (χ3n) is 1.80. The minimum atomic E-state index is -2.50. The summed E-state index contributed by atoms with van der Waals surface area (Å²) in [5, 5.41) is 0. The molecule has 6 heteroatoms. The van der Waals surface area contributed by atoms with Crippen molar-refractivity contribution in [3.05, 3.63) is 24.7 Å². The molecule has 0 bridgehead atoms. The highest BCUT2D eigenvalue weighted by Gasteiger charge is 2.13. The summed E-state index contributed by atoms with van der Waals surface area (Å²) >= 11 is 0. The molecule has 1 atom stereocenters. The summed E-state index contributed by atoms with van der Waals surface area (Å²) in [6, 6.07) is -1.89. The minimum absolute atomic E-state index is 0.0253. The second-order valence-corrected chi connectivity index (χ2v) is 2.95. The molecule has 0 radical (unpaired) electrons. The molecule has 1 unspecified atom stereocenters. The maximum absolute atomic E-state index is 12.3. The van der Waals surface area contributed by atoms with Gasteiger partial charge in [-0.15, -0.1) is 0 Å². The van der Waals surface area contributed by atoms with E-state index in [1.807, 2.05) is 0 Å². The van der Waals surface area contributed by atoms with E-state index in [1.165, 1.54) is 0 Å². The molecule has 0 saturated heterocycles. The Morgan fingerprint density at radius 3 is 2.31 bits per heavy atom. The van der Waals surface area contributed by atoms with Crippen LogP contribution in [0.2, 0.25) is 0 Å². The van der Waals surface area contributed by atoms with Gasteiger partial charge in [0, 0.05) is 12.0 Å². The molecule has 0 aliphatic heterocycles. The number of carbonyl (C=O) groups excluding carboxylic acids is 1. The summed E-state index contributed by atoms with van der Waals surface area (Å²) < 4.78 is 44.4. The molecule has 0 rings (SSSR count). The average Bonchev–Trinajstić information content (AvgIpc) is 2.28. The fraction of sp³-hybridized carbons (Fsp3) is 0.500. The van der Waals surface area contributed by atoms with E-state index in [0.717, 1.165) is 6.08 Å². The lowest BCUT2D eigenvalue weighted by Gasteiger charge is -2.14. The maximum atomic E-state index is 12.3. The van der Waals surface area contributed by atoms with Gasteiger partial charge in [-0.2, -0.15) is 13.2 Å². The molecule has 0 aliphatic carbocycles. The van der Waals surface area contributed by atoms with Crippen LogP contribution in [0.4, 0.5) is 13.2 Å². The Hall–Kier alpha value is -1.46. The SMILES string of the molecule is C=CC(=O)OCC(CC)COC(F)=C(F)F. The summed E-state index contributed by atoms with van der Waals surface area (Å²) in [6.45, 7) is 4.63. The standard InChI is InChI=1S/C10H13F3O3/c1-3-7(5-15-8(14)4-2)6-16-10(13)9(11)12/h4,7H,2-3,5-6H2,1H3. The van der Waals surface area contributed by atoms with Gasteiger partial charge in [0.25, 0.3) is 0 Å². The lowest BCUT2D eigenvalue weighted by molar-refractivity contribution is -0.139. The van der Waals surface area contributed by atoms with Gasteiger partial charge < -0.3 is 9.47 Å². The van der Waals surface area contributed by atoms with Crippen molar-refractivity contribution in [1.82, 2.24) is 0 Å². The topological polar surface area (TPSA) is 35.5 Å². The Bertz CT molecular complexity index is 272. The zero-order valence-electron chi connectivity index (χ0n) is 8.84. The number of rotatable bonds is 7. The van der Waals surface area contributed by atoms with Crippen LogP contribution in [0.5, 0.6) is 0 Å². The van der Waals surface area contributed by atoms with Gasteiger partial charge in [-0.1, -0.05) is 13.5 Å². The zero-order valence-corrected chi connectivity index (χ0v) is 8.84. The molecule has 0 aromatic rings. The van der Waals surface area contributed by atoms with Gasteiger partial charge in [0.05, 0.1) is 13.2 Å². The van der Waals surface area contributed by atoms with Crippen LogP contribution in [-0.2, 0) is 14.3 Å². The van der Waals surface area contributed by atoms with Crippen LogP contribution in [-0.4, -0.2) is 19.2 Å². The number of esters is 1. The molecule has 16 heavy (non-hydrogen) atoms. The van der Waals surface area contributed by atoms with Crippen LogP contribution >= 0.6 is 0 Å². The van der Waals surface area contributed by atoms with E-state index in [9.17, 15) is 18.0 Å². The fourth-order valence-electron chi connectivity index (χ4n) is 0.788. The highest BCUT2D eigenvalue weighted by molar-refractivity contribution is 5.81. The molecule has 0 heterocycles. The summed E-state index contributed by atoms with van der Waals surface area (Å²) in [5.74, 6) is -0.958. The Morgan fingerprint density at radius 2 is 1.88 bits per heavy atom. The molecule has 0 aromatic heterocycles. The van der Waals surface area contributed by atoms with Crippen LogP contribution in [0.15, 0.2) is 24.7 Å². The quantitative estimate of drug-likeness (QED) is 0.388. The predicted octanol–water partition coefficient (Wildman–Crippen LogP) is 2.79. The van der Waals surface area contributed by atoms with Crippen molar-refractivity contribution >= 4 is 5.97 Å². The molecule has 0 spiro atoms. The number of halogens is 3. The van der Waals surface area contributed by atoms with E-state index in [4.69, 9.17) is 0 Å². The zero-order chi connectivity index (χ0) is 12.6. The van der Waals surface area contributed by atoms with Crippen molar-refractivity contribution < 1.29 is 27.4 Å². The van der Waals surface area contributed by atoms with Crippen LogP contribution in [0, 0.1) is 5.92 Å². The number of hydrogen-bond acceptors (Lipinski definition) is 3. The van der Waals surface area contributed by atoms with E-state index in [2.05, 4.69) is 16.1 Å². The number of ether oxygens (including phenoxy) is 2. The molecule has 0 fully saturated rings. The Kier molecular flexibility index (Phi) is 7.07. The summed E-state index contributed by atoms with van der Waals surface area (Å²) in [4.78, 5) is 10.7. The lowest BCUT2D eigenvalue weighted by Crippen LogP contribution is -2.17. The molecular weight excluding hydrogens is 225 g/mol. The van der Waals surface area contributed by atoms with Crippen LogP contribution < -0.4 is 0 Å². The van der Waals surface area contributed by atoms with E-state index < -0.39 is 18.1 Å². The van der Waals surface area contributed by atoms with Crippen LogP contribution in [0.1, 0.15) is 13.3 Å². The molecule has 0 N–H and O–H groups in total. The van der Waals surface area contributed by atoms with Crippen molar-refractivity contribution in [3.63, 3.8) is 0 Å². The highest BCUT2D eigenvalue weighted by Crippen LogP contribution is 2.13. The van der Waals surface area contributed by atoms with Gasteiger partial charge in [0.1, 0.15) is 0 Å². The summed E-state index contributed by atoms with van der Waals surface area (Å²) in [7, 11) is 0. The highest BCUT2D eigenvalue weighted by atomic mass is 19.3. The van der Waals surface area contributed by atoms with Crippen molar-refractivity contribution in [1.29, 1.82) is 0 Å². The molecule has 0 aromatic carbocycles. The summed E-state index contributed by atoms with van der Waals surface area (Å²) in [5.41, 5.74) is 0. The second kappa shape index (κ2) is 7.78. The Labute approximate surface area is 91.5 Å². The lowest BCUT2D eigenvalue weighted by atomic mass is 10.1. The largest absolute Gasteiger partial charge is 0.467 e. The van der Waals surface area contributed by atoms with Crippen molar-refractivity contribution in [2.75, 3.05) is 13.2 Å². The predicted molar refractivity (Wildman–Crippen MR) is 51.2 cm³/mol. The normalized spacial score (nSPS) is 11.5. The third-order valence-corrected chi connectivity index (χ3v) is 1.80. The van der Waals surface area contributed by atoms with Gasteiger partial charge >= 0.3 is 18.1 Å². The van der Waals surface area contributed by atoms with Gasteiger partial charge in [-0.3, -0.25) is 0 Å². The second-order valence-electron chi connectivity index (χ2n) is 2.95. The van der Waals surface area contributed by atoms with Crippen LogP contribution in [0.3, 0.4) is 0 Å². The molecule has 0 aliphatic rings. The Morgan fingerprint density at radius 1 is 1.31 bits per heavy atom.